The average Bonchev–Trinajstić information content (AvgIpc) is 2.93. The molecule has 1 amide bonds. The topological polar surface area (TPSA) is 59.2 Å². The highest BCUT2D eigenvalue weighted by atomic mass is 32.1. The minimum Gasteiger partial charge on any atom is -0.324 e. The summed E-state index contributed by atoms with van der Waals surface area (Å²) in [5, 5.41) is 1.03. The van der Waals surface area contributed by atoms with Crippen molar-refractivity contribution in [3.05, 3.63) is 59.1 Å². The lowest BCUT2D eigenvalue weighted by molar-refractivity contribution is -0.118. The number of benzene rings is 2. The Bertz CT molecular complexity index is 829. The highest BCUT2D eigenvalue weighted by Gasteiger charge is 2.17. The van der Waals surface area contributed by atoms with Crippen molar-refractivity contribution in [2.45, 2.75) is 19.4 Å². The molecule has 0 aliphatic rings. The third-order valence-electron chi connectivity index (χ3n) is 3.86. The number of carbonyl (C=O) groups excluding carboxylic acids is 1. The summed E-state index contributed by atoms with van der Waals surface area (Å²) in [6.07, 6.45) is 0.278. The molecule has 1 atom stereocenters. The van der Waals surface area contributed by atoms with Gasteiger partial charge in [-0.1, -0.05) is 30.3 Å². The van der Waals surface area contributed by atoms with E-state index >= 15 is 0 Å². The first kappa shape index (κ1) is 15.6. The number of rotatable bonds is 4. The van der Waals surface area contributed by atoms with E-state index in [0.717, 1.165) is 26.5 Å². The first-order valence-corrected chi connectivity index (χ1v) is 8.30. The van der Waals surface area contributed by atoms with Crippen LogP contribution in [0.25, 0.3) is 10.2 Å². The minimum absolute atomic E-state index is 0.00180. The van der Waals surface area contributed by atoms with Gasteiger partial charge in [0, 0.05) is 25.2 Å². The Labute approximate surface area is 139 Å². The first-order valence-electron chi connectivity index (χ1n) is 7.49. The molecule has 3 rings (SSSR count). The average molecular weight is 325 g/mol. The van der Waals surface area contributed by atoms with Gasteiger partial charge in [0.2, 0.25) is 5.91 Å². The molecule has 4 nitrogen and oxygen atoms in total. The van der Waals surface area contributed by atoms with Gasteiger partial charge in [-0.2, -0.15) is 0 Å². The maximum absolute atomic E-state index is 12.5. The summed E-state index contributed by atoms with van der Waals surface area (Å²) >= 11 is 1.63. The van der Waals surface area contributed by atoms with Crippen molar-refractivity contribution >= 4 is 33.1 Å². The van der Waals surface area contributed by atoms with E-state index in [-0.39, 0.29) is 18.4 Å². The van der Waals surface area contributed by atoms with E-state index < -0.39 is 0 Å². The quantitative estimate of drug-likeness (QED) is 0.796. The number of aromatic nitrogens is 1. The monoisotopic (exact) mass is 325 g/mol. The Balaban J connectivity index is 1.75. The zero-order valence-corrected chi connectivity index (χ0v) is 14.0. The van der Waals surface area contributed by atoms with Crippen LogP contribution in [0.2, 0.25) is 0 Å². The Morgan fingerprint density at radius 2 is 2.00 bits per heavy atom. The van der Waals surface area contributed by atoms with Crippen LogP contribution in [0.3, 0.4) is 0 Å². The first-order chi connectivity index (χ1) is 11.0. The number of hydrogen-bond acceptors (Lipinski definition) is 4. The number of nitrogens with two attached hydrogens (primary N) is 1. The van der Waals surface area contributed by atoms with Crippen molar-refractivity contribution in [2.75, 3.05) is 11.9 Å². The summed E-state index contributed by atoms with van der Waals surface area (Å²) in [5.41, 5.74) is 8.96. The molecule has 0 bridgehead atoms. The minimum atomic E-state index is -0.291. The van der Waals surface area contributed by atoms with E-state index in [1.54, 1.807) is 23.3 Å². The van der Waals surface area contributed by atoms with Crippen LogP contribution in [-0.2, 0) is 4.79 Å². The van der Waals surface area contributed by atoms with Gasteiger partial charge < -0.3 is 10.6 Å². The maximum atomic E-state index is 12.5. The molecule has 0 aliphatic carbocycles. The van der Waals surface area contributed by atoms with Crippen molar-refractivity contribution < 1.29 is 4.79 Å². The molecule has 3 aromatic rings. The molecule has 1 heterocycles. The predicted molar refractivity (Wildman–Crippen MR) is 95.8 cm³/mol. The molecule has 0 saturated heterocycles. The van der Waals surface area contributed by atoms with E-state index in [0.29, 0.717) is 0 Å². The lowest BCUT2D eigenvalue weighted by Gasteiger charge is -2.20. The molecular formula is C18H19N3OS. The van der Waals surface area contributed by atoms with Gasteiger partial charge >= 0.3 is 0 Å². The summed E-state index contributed by atoms with van der Waals surface area (Å²) in [5.74, 6) is 0.00180. The van der Waals surface area contributed by atoms with Crippen molar-refractivity contribution in [2.24, 2.45) is 5.73 Å². The van der Waals surface area contributed by atoms with Crippen molar-refractivity contribution in [1.29, 1.82) is 0 Å². The second-order valence-corrected chi connectivity index (χ2v) is 6.79. The number of carbonyl (C=O) groups is 1. The fraction of sp³-hybridized carbons (Fsp3) is 0.222. The van der Waals surface area contributed by atoms with Gasteiger partial charge in [0.1, 0.15) is 0 Å². The van der Waals surface area contributed by atoms with Crippen molar-refractivity contribution in [3.8, 4) is 0 Å². The predicted octanol–water partition coefficient (Wildman–Crippen LogP) is 3.66. The van der Waals surface area contributed by atoms with Crippen LogP contribution in [0.1, 0.15) is 23.0 Å². The van der Waals surface area contributed by atoms with E-state index in [1.165, 1.54) is 0 Å². The van der Waals surface area contributed by atoms with Crippen LogP contribution in [0, 0.1) is 6.92 Å². The van der Waals surface area contributed by atoms with Crippen LogP contribution >= 0.6 is 11.3 Å². The Hall–Kier alpha value is -2.24. The lowest BCUT2D eigenvalue weighted by atomic mass is 10.0. The number of thiazole rings is 1. The van der Waals surface area contributed by atoms with Crippen LogP contribution in [-0.4, -0.2) is 17.9 Å². The molecule has 0 aliphatic heterocycles. The number of aryl methyl sites for hydroxylation is 1. The Morgan fingerprint density at radius 1 is 1.26 bits per heavy atom. The fourth-order valence-electron chi connectivity index (χ4n) is 2.52. The van der Waals surface area contributed by atoms with Gasteiger partial charge in [0.05, 0.1) is 15.2 Å². The van der Waals surface area contributed by atoms with Gasteiger partial charge in [-0.15, -0.1) is 11.3 Å². The maximum Gasteiger partial charge on any atom is 0.228 e. The molecule has 118 valence electrons. The molecule has 5 heteroatoms. The second kappa shape index (κ2) is 6.48. The molecule has 0 fully saturated rings. The summed E-state index contributed by atoms with van der Waals surface area (Å²) in [4.78, 5) is 18.6. The third-order valence-corrected chi connectivity index (χ3v) is 4.80. The van der Waals surface area contributed by atoms with E-state index in [1.807, 2.05) is 55.5 Å². The Morgan fingerprint density at radius 3 is 2.74 bits per heavy atom. The highest BCUT2D eigenvalue weighted by Crippen LogP contribution is 2.27. The third kappa shape index (κ3) is 3.41. The van der Waals surface area contributed by atoms with Gasteiger partial charge in [-0.3, -0.25) is 4.79 Å². The largest absolute Gasteiger partial charge is 0.324 e. The van der Waals surface area contributed by atoms with Crippen molar-refractivity contribution in [3.63, 3.8) is 0 Å². The number of anilines is 1. The summed E-state index contributed by atoms with van der Waals surface area (Å²) in [6.45, 7) is 1.98. The lowest BCUT2D eigenvalue weighted by Crippen LogP contribution is -2.29. The summed E-state index contributed by atoms with van der Waals surface area (Å²) in [7, 11) is 1.79. The smallest absolute Gasteiger partial charge is 0.228 e. The number of amides is 1. The van der Waals surface area contributed by atoms with Crippen LogP contribution < -0.4 is 10.6 Å². The van der Waals surface area contributed by atoms with E-state index in [2.05, 4.69) is 4.98 Å². The SMILES string of the molecule is Cc1nc2ccc(N(C)C(=O)CC(N)c3ccccc3)cc2s1. The molecule has 1 aromatic heterocycles. The summed E-state index contributed by atoms with van der Waals surface area (Å²) in [6, 6.07) is 15.3. The summed E-state index contributed by atoms with van der Waals surface area (Å²) < 4.78 is 1.09. The molecule has 1 unspecified atom stereocenters. The van der Waals surface area contributed by atoms with Gasteiger partial charge in [-0.25, -0.2) is 4.98 Å². The van der Waals surface area contributed by atoms with E-state index in [9.17, 15) is 4.79 Å². The van der Waals surface area contributed by atoms with Gasteiger partial charge in [0.25, 0.3) is 0 Å². The van der Waals surface area contributed by atoms with Gasteiger partial charge in [-0.05, 0) is 30.7 Å². The van der Waals surface area contributed by atoms with Crippen molar-refractivity contribution in [1.82, 2.24) is 4.98 Å². The standard InChI is InChI=1S/C18H19N3OS/c1-12-20-16-9-8-14(10-17(16)23-12)21(2)18(22)11-15(19)13-6-4-3-5-7-13/h3-10,15H,11,19H2,1-2H3. The van der Waals surface area contributed by atoms with E-state index in [4.69, 9.17) is 5.73 Å². The second-order valence-electron chi connectivity index (χ2n) is 5.56. The number of hydrogen-bond donors (Lipinski definition) is 1. The van der Waals surface area contributed by atoms with Crippen LogP contribution in [0.15, 0.2) is 48.5 Å². The molecule has 23 heavy (non-hydrogen) atoms. The highest BCUT2D eigenvalue weighted by molar-refractivity contribution is 7.18. The fourth-order valence-corrected chi connectivity index (χ4v) is 3.38. The molecular weight excluding hydrogens is 306 g/mol. The molecule has 0 spiro atoms. The number of nitrogens with zero attached hydrogens (tertiary/aromatic N) is 2. The zero-order chi connectivity index (χ0) is 16.4. The molecule has 2 aromatic carbocycles. The Kier molecular flexibility index (Phi) is 4.41. The normalized spacial score (nSPS) is 12.3. The number of fused-ring (bicyclic) bond motifs is 1. The van der Waals surface area contributed by atoms with Crippen LogP contribution in [0.4, 0.5) is 5.69 Å². The molecule has 2 N–H and O–H groups in total. The zero-order valence-electron chi connectivity index (χ0n) is 13.2. The molecule has 0 radical (unpaired) electrons. The van der Waals surface area contributed by atoms with Gasteiger partial charge in [0.15, 0.2) is 0 Å². The van der Waals surface area contributed by atoms with Crippen LogP contribution in [0.5, 0.6) is 0 Å². The molecule has 0 saturated carbocycles.